The van der Waals surface area contributed by atoms with Crippen molar-refractivity contribution in [2.75, 3.05) is 7.05 Å². The summed E-state index contributed by atoms with van der Waals surface area (Å²) in [6.07, 6.45) is 5.91. The van der Waals surface area contributed by atoms with E-state index < -0.39 is 17.0 Å². The van der Waals surface area contributed by atoms with Crippen LogP contribution in [0.3, 0.4) is 0 Å². The number of carboxylic acid groups (broad SMARTS) is 1. The standard InChI is InChI=1S/C19H30N4O5/c1-13(24)21-19(11-7-5-6-8-12-19)16-20-14(28-22-16)9-10-15(25)23(4)18(2,3)17(26)27/h5-12H2,1-4H3,(H,21,24)(H,26,27). The summed E-state index contributed by atoms with van der Waals surface area (Å²) in [4.78, 5) is 41.1. The smallest absolute Gasteiger partial charge is 0.329 e. The van der Waals surface area contributed by atoms with Crippen molar-refractivity contribution in [3.63, 3.8) is 0 Å². The topological polar surface area (TPSA) is 126 Å². The molecule has 1 saturated carbocycles. The lowest BCUT2D eigenvalue weighted by molar-refractivity contribution is -0.155. The molecule has 1 aromatic rings. The van der Waals surface area contributed by atoms with E-state index in [1.54, 1.807) is 0 Å². The summed E-state index contributed by atoms with van der Waals surface area (Å²) < 4.78 is 5.33. The highest BCUT2D eigenvalue weighted by molar-refractivity contribution is 5.86. The minimum absolute atomic E-state index is 0.0575. The minimum Gasteiger partial charge on any atom is -0.480 e. The first-order chi connectivity index (χ1) is 13.1. The van der Waals surface area contributed by atoms with E-state index in [0.29, 0.717) is 11.7 Å². The minimum atomic E-state index is -1.30. The summed E-state index contributed by atoms with van der Waals surface area (Å²) >= 11 is 0. The van der Waals surface area contributed by atoms with Gasteiger partial charge in [-0.2, -0.15) is 4.98 Å². The molecule has 0 aliphatic heterocycles. The molecule has 0 bridgehead atoms. The van der Waals surface area contributed by atoms with E-state index in [0.717, 1.165) is 38.5 Å². The normalized spacial score (nSPS) is 16.9. The number of carboxylic acids is 1. The molecular formula is C19H30N4O5. The molecule has 156 valence electrons. The Hall–Kier alpha value is -2.45. The van der Waals surface area contributed by atoms with Gasteiger partial charge in [-0.1, -0.05) is 30.8 Å². The Morgan fingerprint density at radius 1 is 1.21 bits per heavy atom. The van der Waals surface area contributed by atoms with Crippen LogP contribution in [0.5, 0.6) is 0 Å². The molecule has 2 N–H and O–H groups in total. The highest BCUT2D eigenvalue weighted by atomic mass is 16.5. The van der Waals surface area contributed by atoms with Gasteiger partial charge in [0.05, 0.1) is 0 Å². The summed E-state index contributed by atoms with van der Waals surface area (Å²) in [5, 5.41) is 16.4. The lowest BCUT2D eigenvalue weighted by atomic mass is 9.89. The molecular weight excluding hydrogens is 364 g/mol. The SMILES string of the molecule is CC(=O)NC1(c2noc(CCC(=O)N(C)C(C)(C)C(=O)O)n2)CCCCCC1. The first-order valence-electron chi connectivity index (χ1n) is 9.70. The summed E-state index contributed by atoms with van der Waals surface area (Å²) in [7, 11) is 1.47. The summed E-state index contributed by atoms with van der Waals surface area (Å²) in [5.41, 5.74) is -1.93. The Labute approximate surface area is 164 Å². The van der Waals surface area contributed by atoms with Crippen LogP contribution in [0, 0.1) is 0 Å². The number of hydrogen-bond acceptors (Lipinski definition) is 6. The summed E-state index contributed by atoms with van der Waals surface area (Å²) in [6, 6.07) is 0. The van der Waals surface area contributed by atoms with Gasteiger partial charge in [0.25, 0.3) is 0 Å². The monoisotopic (exact) mass is 394 g/mol. The van der Waals surface area contributed by atoms with Gasteiger partial charge in [-0.25, -0.2) is 4.79 Å². The van der Waals surface area contributed by atoms with Crippen LogP contribution in [0.2, 0.25) is 0 Å². The van der Waals surface area contributed by atoms with E-state index in [-0.39, 0.29) is 24.7 Å². The van der Waals surface area contributed by atoms with E-state index in [4.69, 9.17) is 4.52 Å². The Morgan fingerprint density at radius 3 is 2.36 bits per heavy atom. The number of likely N-dealkylation sites (N-methyl/N-ethyl adjacent to an activating group) is 1. The third-order valence-corrected chi connectivity index (χ3v) is 5.56. The van der Waals surface area contributed by atoms with Gasteiger partial charge in [0, 0.05) is 26.8 Å². The lowest BCUT2D eigenvalue weighted by Gasteiger charge is -2.31. The van der Waals surface area contributed by atoms with E-state index in [2.05, 4.69) is 15.5 Å². The van der Waals surface area contributed by atoms with Crippen LogP contribution in [0.1, 0.15) is 77.4 Å². The van der Waals surface area contributed by atoms with Gasteiger partial charge >= 0.3 is 5.97 Å². The predicted octanol–water partition coefficient (Wildman–Crippen LogP) is 2.01. The van der Waals surface area contributed by atoms with Gasteiger partial charge in [0.1, 0.15) is 11.1 Å². The third kappa shape index (κ3) is 4.88. The average Bonchev–Trinajstić information content (AvgIpc) is 2.99. The molecule has 1 aliphatic carbocycles. The third-order valence-electron chi connectivity index (χ3n) is 5.56. The molecule has 28 heavy (non-hydrogen) atoms. The van der Waals surface area contributed by atoms with Crippen LogP contribution in [0.15, 0.2) is 4.52 Å². The first kappa shape index (κ1) is 21.8. The molecule has 0 spiro atoms. The van der Waals surface area contributed by atoms with Crippen molar-refractivity contribution in [1.82, 2.24) is 20.4 Å². The van der Waals surface area contributed by atoms with E-state index in [9.17, 15) is 19.5 Å². The molecule has 0 radical (unpaired) electrons. The highest BCUT2D eigenvalue weighted by Gasteiger charge is 2.39. The maximum Gasteiger partial charge on any atom is 0.329 e. The van der Waals surface area contributed by atoms with Crippen LogP contribution in [-0.2, 0) is 26.3 Å². The molecule has 0 saturated heterocycles. The van der Waals surface area contributed by atoms with Crippen molar-refractivity contribution in [3.05, 3.63) is 11.7 Å². The number of carbonyl (C=O) groups excluding carboxylic acids is 2. The number of aromatic nitrogens is 2. The fraction of sp³-hybridized carbons (Fsp3) is 0.737. The zero-order valence-electron chi connectivity index (χ0n) is 17.1. The lowest BCUT2D eigenvalue weighted by Crippen LogP contribution is -2.50. The van der Waals surface area contributed by atoms with Gasteiger partial charge in [-0.15, -0.1) is 0 Å². The van der Waals surface area contributed by atoms with Crippen LogP contribution in [0.4, 0.5) is 0 Å². The fourth-order valence-corrected chi connectivity index (χ4v) is 3.46. The Bertz CT molecular complexity index is 720. The van der Waals surface area contributed by atoms with E-state index in [1.807, 2.05) is 0 Å². The number of aryl methyl sites for hydroxylation is 1. The molecule has 1 heterocycles. The van der Waals surface area contributed by atoms with Crippen molar-refractivity contribution >= 4 is 17.8 Å². The second kappa shape index (κ2) is 8.70. The van der Waals surface area contributed by atoms with Crippen molar-refractivity contribution in [3.8, 4) is 0 Å². The molecule has 0 aromatic carbocycles. The van der Waals surface area contributed by atoms with Crippen molar-refractivity contribution in [1.29, 1.82) is 0 Å². The van der Waals surface area contributed by atoms with E-state index >= 15 is 0 Å². The van der Waals surface area contributed by atoms with Crippen LogP contribution in [-0.4, -0.2) is 50.5 Å². The van der Waals surface area contributed by atoms with Crippen LogP contribution in [0.25, 0.3) is 0 Å². The van der Waals surface area contributed by atoms with Gasteiger partial charge in [-0.05, 0) is 26.7 Å². The van der Waals surface area contributed by atoms with Gasteiger partial charge in [0.2, 0.25) is 17.7 Å². The summed E-state index contributed by atoms with van der Waals surface area (Å²) in [5.74, 6) is -0.779. The molecule has 1 aliphatic rings. The summed E-state index contributed by atoms with van der Waals surface area (Å²) in [6.45, 7) is 4.43. The zero-order chi connectivity index (χ0) is 20.9. The number of nitrogens with zero attached hydrogens (tertiary/aromatic N) is 3. The van der Waals surface area contributed by atoms with Gasteiger partial charge < -0.3 is 19.8 Å². The maximum absolute atomic E-state index is 12.3. The molecule has 0 atom stereocenters. The quantitative estimate of drug-likeness (QED) is 0.678. The maximum atomic E-state index is 12.3. The number of carbonyl (C=O) groups is 3. The van der Waals surface area contributed by atoms with Crippen molar-refractivity contribution < 1.29 is 24.0 Å². The number of hydrogen-bond donors (Lipinski definition) is 2. The Morgan fingerprint density at radius 2 is 1.82 bits per heavy atom. The Balaban J connectivity index is 2.09. The molecule has 9 heteroatoms. The highest BCUT2D eigenvalue weighted by Crippen LogP contribution is 2.34. The number of nitrogens with one attached hydrogen (secondary N) is 1. The van der Waals surface area contributed by atoms with Crippen LogP contribution < -0.4 is 5.32 Å². The zero-order valence-corrected chi connectivity index (χ0v) is 17.1. The molecule has 2 rings (SSSR count). The van der Waals surface area contributed by atoms with Crippen molar-refractivity contribution in [2.24, 2.45) is 0 Å². The molecule has 1 aromatic heterocycles. The largest absolute Gasteiger partial charge is 0.480 e. The van der Waals surface area contributed by atoms with Crippen LogP contribution >= 0.6 is 0 Å². The second-order valence-electron chi connectivity index (χ2n) is 8.01. The van der Waals surface area contributed by atoms with Gasteiger partial charge in [-0.3, -0.25) is 9.59 Å². The van der Waals surface area contributed by atoms with E-state index in [1.165, 1.54) is 32.7 Å². The fourth-order valence-electron chi connectivity index (χ4n) is 3.46. The molecule has 0 unspecified atom stereocenters. The first-order valence-corrected chi connectivity index (χ1v) is 9.70. The number of aliphatic carboxylic acids is 1. The average molecular weight is 394 g/mol. The Kier molecular flexibility index (Phi) is 6.79. The predicted molar refractivity (Wildman–Crippen MR) is 100 cm³/mol. The molecule has 1 fully saturated rings. The second-order valence-corrected chi connectivity index (χ2v) is 8.01. The number of rotatable bonds is 7. The van der Waals surface area contributed by atoms with Crippen molar-refractivity contribution in [2.45, 2.75) is 83.2 Å². The molecule has 2 amide bonds. The molecule has 9 nitrogen and oxygen atoms in total. The van der Waals surface area contributed by atoms with Gasteiger partial charge in [0.15, 0.2) is 5.82 Å². The number of amides is 2.